The lowest BCUT2D eigenvalue weighted by atomic mass is 10.3. The maximum absolute atomic E-state index is 12.1. The van der Waals surface area contributed by atoms with Gasteiger partial charge in [-0.2, -0.15) is 24.9 Å². The largest absolute Gasteiger partial charge is 0.446 e. The third-order valence-corrected chi connectivity index (χ3v) is 3.63. The van der Waals surface area contributed by atoms with Gasteiger partial charge in [-0.3, -0.25) is 0 Å². The lowest BCUT2D eigenvalue weighted by Gasteiger charge is -2.08. The Kier molecular flexibility index (Phi) is 6.78. The molecular weight excluding hydrogens is 279 g/mol. The first kappa shape index (κ1) is 15.6. The van der Waals surface area contributed by atoms with Gasteiger partial charge in [0.15, 0.2) is 0 Å². The molecule has 6 heteroatoms. The molecule has 1 nitrogen and oxygen atoms in total. The Bertz CT molecular complexity index is 338. The Morgan fingerprint density at radius 1 is 1.11 bits per heavy atom. The lowest BCUT2D eigenvalue weighted by molar-refractivity contribution is -0.0328. The van der Waals surface area contributed by atoms with Crippen molar-refractivity contribution in [2.24, 2.45) is 0 Å². The molecule has 0 aliphatic carbocycles. The smallest absolute Gasteiger partial charge is 0.385 e. The van der Waals surface area contributed by atoms with Gasteiger partial charge < -0.3 is 5.32 Å². The highest BCUT2D eigenvalue weighted by Crippen LogP contribution is 2.36. The summed E-state index contributed by atoms with van der Waals surface area (Å²) in [6.45, 7) is 0.853. The molecule has 0 aliphatic rings. The van der Waals surface area contributed by atoms with Crippen molar-refractivity contribution in [1.82, 2.24) is 0 Å². The van der Waals surface area contributed by atoms with Gasteiger partial charge in [0.1, 0.15) is 0 Å². The Morgan fingerprint density at radius 3 is 2.33 bits per heavy atom. The SMILES string of the molecule is CSCCCCNc1ccc(SC(F)(F)F)cc1. The summed E-state index contributed by atoms with van der Waals surface area (Å²) in [6, 6.07) is 6.34. The van der Waals surface area contributed by atoms with Crippen LogP contribution in [0.25, 0.3) is 0 Å². The van der Waals surface area contributed by atoms with Crippen LogP contribution in [0.1, 0.15) is 12.8 Å². The van der Waals surface area contributed by atoms with Crippen LogP contribution in [0.2, 0.25) is 0 Å². The first-order valence-electron chi connectivity index (χ1n) is 5.60. The van der Waals surface area contributed by atoms with E-state index in [1.165, 1.54) is 12.1 Å². The summed E-state index contributed by atoms with van der Waals surface area (Å²) in [6.07, 6.45) is 4.29. The van der Waals surface area contributed by atoms with Gasteiger partial charge in [-0.25, -0.2) is 0 Å². The summed E-state index contributed by atoms with van der Waals surface area (Å²) in [5.41, 5.74) is -3.35. The zero-order chi connectivity index (χ0) is 13.4. The second-order valence-electron chi connectivity index (χ2n) is 3.70. The summed E-state index contributed by atoms with van der Waals surface area (Å²) >= 11 is 1.73. The van der Waals surface area contributed by atoms with E-state index < -0.39 is 5.51 Å². The summed E-state index contributed by atoms with van der Waals surface area (Å²) in [4.78, 5) is 0.218. The fourth-order valence-electron chi connectivity index (χ4n) is 1.38. The van der Waals surface area contributed by atoms with E-state index in [0.717, 1.165) is 30.8 Å². The van der Waals surface area contributed by atoms with Crippen LogP contribution in [-0.4, -0.2) is 24.1 Å². The van der Waals surface area contributed by atoms with Crippen molar-refractivity contribution in [1.29, 1.82) is 0 Å². The highest BCUT2D eigenvalue weighted by atomic mass is 32.2. The third kappa shape index (κ3) is 7.06. The molecule has 0 spiro atoms. The van der Waals surface area contributed by atoms with Gasteiger partial charge in [-0.15, -0.1) is 0 Å². The zero-order valence-electron chi connectivity index (χ0n) is 10.1. The number of thioether (sulfide) groups is 2. The van der Waals surface area contributed by atoms with E-state index in [-0.39, 0.29) is 16.7 Å². The number of benzene rings is 1. The predicted molar refractivity (Wildman–Crippen MR) is 74.5 cm³/mol. The minimum absolute atomic E-state index is 0.0861. The number of hydrogen-bond acceptors (Lipinski definition) is 3. The molecular formula is C12H16F3NS2. The lowest BCUT2D eigenvalue weighted by Crippen LogP contribution is -2.02. The molecule has 1 N–H and O–H groups in total. The molecule has 1 aromatic rings. The van der Waals surface area contributed by atoms with Gasteiger partial charge >= 0.3 is 5.51 Å². The molecule has 0 saturated heterocycles. The van der Waals surface area contributed by atoms with Crippen LogP contribution < -0.4 is 5.32 Å². The molecule has 0 atom stereocenters. The van der Waals surface area contributed by atoms with Crippen LogP contribution in [0.15, 0.2) is 29.2 Å². The van der Waals surface area contributed by atoms with Gasteiger partial charge in [0.25, 0.3) is 0 Å². The summed E-state index contributed by atoms with van der Waals surface area (Å²) < 4.78 is 36.3. The second-order valence-corrected chi connectivity index (χ2v) is 5.82. The van der Waals surface area contributed by atoms with Crippen LogP contribution in [0.3, 0.4) is 0 Å². The molecule has 102 valence electrons. The normalized spacial score (nSPS) is 11.6. The molecule has 0 saturated carbocycles. The monoisotopic (exact) mass is 295 g/mol. The molecule has 0 aliphatic heterocycles. The number of alkyl halides is 3. The standard InChI is InChI=1S/C12H16F3NS2/c1-17-9-3-2-8-16-10-4-6-11(7-5-10)18-12(13,14)15/h4-7,16H,2-3,8-9H2,1H3. The van der Waals surface area contributed by atoms with Gasteiger partial charge in [0, 0.05) is 17.1 Å². The van der Waals surface area contributed by atoms with Crippen LogP contribution in [0.5, 0.6) is 0 Å². The number of halogens is 3. The van der Waals surface area contributed by atoms with E-state index in [1.54, 1.807) is 12.1 Å². The first-order chi connectivity index (χ1) is 8.51. The Labute approximate surface area is 114 Å². The average Bonchev–Trinajstić information content (AvgIpc) is 2.29. The van der Waals surface area contributed by atoms with Crippen molar-refractivity contribution in [2.45, 2.75) is 23.2 Å². The number of unbranched alkanes of at least 4 members (excludes halogenated alkanes) is 1. The van der Waals surface area contributed by atoms with Crippen LogP contribution in [0, 0.1) is 0 Å². The minimum atomic E-state index is -4.22. The molecule has 0 bridgehead atoms. The van der Waals surface area contributed by atoms with Crippen molar-refractivity contribution in [2.75, 3.05) is 23.9 Å². The number of rotatable bonds is 7. The van der Waals surface area contributed by atoms with E-state index in [2.05, 4.69) is 11.6 Å². The maximum Gasteiger partial charge on any atom is 0.446 e. The molecule has 1 aromatic carbocycles. The Hall–Kier alpha value is -0.490. The molecule has 0 heterocycles. The zero-order valence-corrected chi connectivity index (χ0v) is 11.7. The highest BCUT2D eigenvalue weighted by molar-refractivity contribution is 8.00. The van der Waals surface area contributed by atoms with Crippen LogP contribution in [0.4, 0.5) is 18.9 Å². The first-order valence-corrected chi connectivity index (χ1v) is 7.81. The quantitative estimate of drug-likeness (QED) is 0.570. The number of nitrogens with one attached hydrogen (secondary N) is 1. The van der Waals surface area contributed by atoms with Crippen molar-refractivity contribution in [3.8, 4) is 0 Å². The van der Waals surface area contributed by atoms with Crippen molar-refractivity contribution in [3.05, 3.63) is 24.3 Å². The number of anilines is 1. The minimum Gasteiger partial charge on any atom is -0.385 e. The van der Waals surface area contributed by atoms with Gasteiger partial charge in [-0.05, 0) is 60.9 Å². The summed E-state index contributed by atoms with van der Waals surface area (Å²) in [7, 11) is 0. The molecule has 0 fully saturated rings. The second kappa shape index (κ2) is 7.84. The van der Waals surface area contributed by atoms with Gasteiger partial charge in [-0.1, -0.05) is 0 Å². The number of hydrogen-bond donors (Lipinski definition) is 1. The summed E-state index contributed by atoms with van der Waals surface area (Å²) in [5, 5.41) is 3.19. The summed E-state index contributed by atoms with van der Waals surface area (Å²) in [5.74, 6) is 1.14. The topological polar surface area (TPSA) is 12.0 Å². The van der Waals surface area contributed by atoms with Crippen molar-refractivity contribution < 1.29 is 13.2 Å². The molecule has 1 rings (SSSR count). The molecule has 0 unspecified atom stereocenters. The van der Waals surface area contributed by atoms with E-state index >= 15 is 0 Å². The fraction of sp³-hybridized carbons (Fsp3) is 0.500. The predicted octanol–water partition coefficient (Wildman–Crippen LogP) is 4.85. The molecule has 0 aromatic heterocycles. The van der Waals surface area contributed by atoms with Crippen LogP contribution >= 0.6 is 23.5 Å². The van der Waals surface area contributed by atoms with Crippen molar-refractivity contribution >= 4 is 29.2 Å². The van der Waals surface area contributed by atoms with Crippen molar-refractivity contribution in [3.63, 3.8) is 0 Å². The maximum atomic E-state index is 12.1. The molecule has 18 heavy (non-hydrogen) atoms. The van der Waals surface area contributed by atoms with Gasteiger partial charge in [0.2, 0.25) is 0 Å². The average molecular weight is 295 g/mol. The Balaban J connectivity index is 2.32. The fourth-order valence-corrected chi connectivity index (χ4v) is 2.41. The Morgan fingerprint density at radius 2 is 1.78 bits per heavy atom. The van der Waals surface area contributed by atoms with Crippen LogP contribution in [-0.2, 0) is 0 Å². The van der Waals surface area contributed by atoms with Gasteiger partial charge in [0.05, 0.1) is 0 Å². The van der Waals surface area contributed by atoms with E-state index in [0.29, 0.717) is 0 Å². The van der Waals surface area contributed by atoms with E-state index in [1.807, 2.05) is 11.8 Å². The molecule has 0 radical (unpaired) electrons. The van der Waals surface area contributed by atoms with E-state index in [9.17, 15) is 13.2 Å². The molecule has 0 amide bonds. The van der Waals surface area contributed by atoms with E-state index in [4.69, 9.17) is 0 Å². The third-order valence-electron chi connectivity index (χ3n) is 2.19. The highest BCUT2D eigenvalue weighted by Gasteiger charge is 2.28.